The van der Waals surface area contributed by atoms with Crippen LogP contribution in [0.15, 0.2) is 31.1 Å². The van der Waals surface area contributed by atoms with Crippen molar-refractivity contribution < 1.29 is 9.47 Å². The van der Waals surface area contributed by atoms with Crippen molar-refractivity contribution in [2.24, 2.45) is 5.92 Å². The summed E-state index contributed by atoms with van der Waals surface area (Å²) in [5.74, 6) is 3.03. The Hall–Kier alpha value is -2.43. The molecule has 1 aliphatic carbocycles. The minimum absolute atomic E-state index is 0.459. The van der Waals surface area contributed by atoms with Crippen molar-refractivity contribution in [3.63, 3.8) is 0 Å². The molecule has 0 radical (unpaired) electrons. The van der Waals surface area contributed by atoms with Crippen molar-refractivity contribution in [3.05, 3.63) is 48.2 Å². The molecule has 0 bridgehead atoms. The van der Waals surface area contributed by atoms with E-state index < -0.39 is 0 Å². The molecule has 2 heterocycles. The molecule has 2 atom stereocenters. The summed E-state index contributed by atoms with van der Waals surface area (Å²) < 4.78 is 11.0. The van der Waals surface area contributed by atoms with E-state index in [4.69, 9.17) is 9.47 Å². The molecular weight excluding hydrogens is 278 g/mol. The lowest BCUT2D eigenvalue weighted by molar-refractivity contribution is 0.283. The van der Waals surface area contributed by atoms with Gasteiger partial charge in [0.1, 0.15) is 11.6 Å². The predicted octanol–water partition coefficient (Wildman–Crippen LogP) is 3.01. The van der Waals surface area contributed by atoms with Gasteiger partial charge in [0.15, 0.2) is 0 Å². The molecule has 2 aromatic heterocycles. The summed E-state index contributed by atoms with van der Waals surface area (Å²) in [6.45, 7) is 6.24. The SMILES string of the molecule is C=Cc1cnc(C)nc1OC[C@H]1C[C@@H]1c1ccc(OC)cn1. The lowest BCUT2D eigenvalue weighted by Crippen LogP contribution is -2.05. The number of ether oxygens (including phenoxy) is 2. The molecule has 0 amide bonds. The van der Waals surface area contributed by atoms with E-state index in [1.165, 1.54) is 0 Å². The lowest BCUT2D eigenvalue weighted by Gasteiger charge is -2.08. The van der Waals surface area contributed by atoms with Gasteiger partial charge in [0.25, 0.3) is 0 Å². The second kappa shape index (κ2) is 6.13. The Morgan fingerprint density at radius 2 is 2.18 bits per heavy atom. The summed E-state index contributed by atoms with van der Waals surface area (Å²) in [5.41, 5.74) is 1.92. The van der Waals surface area contributed by atoms with E-state index in [1.54, 1.807) is 25.6 Å². The molecule has 0 aliphatic heterocycles. The van der Waals surface area contributed by atoms with Crippen molar-refractivity contribution in [2.75, 3.05) is 13.7 Å². The van der Waals surface area contributed by atoms with Gasteiger partial charge in [0, 0.05) is 23.7 Å². The van der Waals surface area contributed by atoms with E-state index in [0.29, 0.717) is 30.1 Å². The van der Waals surface area contributed by atoms with Crippen LogP contribution in [-0.2, 0) is 0 Å². The Bertz CT molecular complexity index is 670. The minimum Gasteiger partial charge on any atom is -0.495 e. The Kier molecular flexibility index (Phi) is 4.04. The highest BCUT2D eigenvalue weighted by molar-refractivity contribution is 5.51. The van der Waals surface area contributed by atoms with E-state index >= 15 is 0 Å². The van der Waals surface area contributed by atoms with Crippen LogP contribution in [-0.4, -0.2) is 28.7 Å². The number of rotatable bonds is 6. The van der Waals surface area contributed by atoms with Gasteiger partial charge >= 0.3 is 0 Å². The normalized spacial score (nSPS) is 19.5. The van der Waals surface area contributed by atoms with E-state index in [9.17, 15) is 0 Å². The van der Waals surface area contributed by atoms with E-state index in [-0.39, 0.29) is 0 Å². The average molecular weight is 297 g/mol. The van der Waals surface area contributed by atoms with Crippen molar-refractivity contribution in [3.8, 4) is 11.6 Å². The first-order chi connectivity index (χ1) is 10.7. The molecule has 3 rings (SSSR count). The number of hydrogen-bond acceptors (Lipinski definition) is 5. The van der Waals surface area contributed by atoms with Gasteiger partial charge in [-0.05, 0) is 25.5 Å². The Balaban J connectivity index is 1.60. The van der Waals surface area contributed by atoms with Gasteiger partial charge in [0.05, 0.1) is 25.5 Å². The summed E-state index contributed by atoms with van der Waals surface area (Å²) in [6, 6.07) is 3.97. The summed E-state index contributed by atoms with van der Waals surface area (Å²) in [4.78, 5) is 12.9. The Labute approximate surface area is 130 Å². The topological polar surface area (TPSA) is 57.1 Å². The summed E-state index contributed by atoms with van der Waals surface area (Å²) >= 11 is 0. The standard InChI is InChI=1S/C17H19N3O2/c1-4-12-8-18-11(2)20-17(12)22-10-13-7-15(13)16-6-5-14(21-3)9-19-16/h4-6,8-9,13,15H,1,7,10H2,2-3H3/t13-,15+/m1/s1. The smallest absolute Gasteiger partial charge is 0.224 e. The fraction of sp³-hybridized carbons (Fsp3) is 0.353. The molecule has 0 aromatic carbocycles. The van der Waals surface area contributed by atoms with Gasteiger partial charge in [-0.25, -0.2) is 4.98 Å². The molecule has 0 spiro atoms. The van der Waals surface area contributed by atoms with Crippen LogP contribution >= 0.6 is 0 Å². The molecule has 0 N–H and O–H groups in total. The van der Waals surface area contributed by atoms with Crippen LogP contribution in [0, 0.1) is 12.8 Å². The number of pyridine rings is 1. The molecule has 0 saturated heterocycles. The summed E-state index contributed by atoms with van der Waals surface area (Å²) in [5, 5.41) is 0. The second-order valence-electron chi connectivity index (χ2n) is 5.42. The Morgan fingerprint density at radius 1 is 1.32 bits per heavy atom. The highest BCUT2D eigenvalue weighted by Crippen LogP contribution is 2.46. The van der Waals surface area contributed by atoms with Gasteiger partial charge < -0.3 is 9.47 Å². The second-order valence-corrected chi connectivity index (χ2v) is 5.42. The van der Waals surface area contributed by atoms with Crippen molar-refractivity contribution in [1.29, 1.82) is 0 Å². The van der Waals surface area contributed by atoms with Crippen LogP contribution in [0.5, 0.6) is 11.6 Å². The molecular formula is C17H19N3O2. The average Bonchev–Trinajstić information content (AvgIpc) is 3.33. The third-order valence-corrected chi connectivity index (χ3v) is 3.85. The maximum atomic E-state index is 5.85. The first kappa shape index (κ1) is 14.5. The molecule has 0 unspecified atom stereocenters. The predicted molar refractivity (Wildman–Crippen MR) is 84.0 cm³/mol. The number of methoxy groups -OCH3 is 1. The van der Waals surface area contributed by atoms with Crippen LogP contribution in [0.1, 0.15) is 29.4 Å². The van der Waals surface area contributed by atoms with Gasteiger partial charge in [-0.15, -0.1) is 0 Å². The quantitative estimate of drug-likeness (QED) is 0.820. The lowest BCUT2D eigenvalue weighted by atomic mass is 10.2. The first-order valence-corrected chi connectivity index (χ1v) is 7.30. The van der Waals surface area contributed by atoms with Gasteiger partial charge in [-0.3, -0.25) is 4.98 Å². The van der Waals surface area contributed by atoms with E-state index in [1.807, 2.05) is 19.1 Å². The van der Waals surface area contributed by atoms with E-state index in [2.05, 4.69) is 21.5 Å². The number of aromatic nitrogens is 3. The zero-order valence-electron chi connectivity index (χ0n) is 12.8. The summed E-state index contributed by atoms with van der Waals surface area (Å²) in [6.07, 6.45) is 6.30. The van der Waals surface area contributed by atoms with Crippen molar-refractivity contribution >= 4 is 6.08 Å². The van der Waals surface area contributed by atoms with E-state index in [0.717, 1.165) is 23.4 Å². The van der Waals surface area contributed by atoms with Crippen LogP contribution in [0.4, 0.5) is 0 Å². The Morgan fingerprint density at radius 3 is 2.86 bits per heavy atom. The third kappa shape index (κ3) is 3.08. The molecule has 1 saturated carbocycles. The highest BCUT2D eigenvalue weighted by Gasteiger charge is 2.40. The van der Waals surface area contributed by atoms with Gasteiger partial charge in [-0.1, -0.05) is 12.7 Å². The minimum atomic E-state index is 0.459. The van der Waals surface area contributed by atoms with Gasteiger partial charge in [-0.2, -0.15) is 4.98 Å². The maximum Gasteiger partial charge on any atom is 0.224 e. The zero-order chi connectivity index (χ0) is 15.5. The fourth-order valence-electron chi connectivity index (χ4n) is 2.43. The molecule has 22 heavy (non-hydrogen) atoms. The highest BCUT2D eigenvalue weighted by atomic mass is 16.5. The molecule has 1 aliphatic rings. The largest absolute Gasteiger partial charge is 0.495 e. The zero-order valence-corrected chi connectivity index (χ0v) is 12.8. The molecule has 114 valence electrons. The number of aryl methyl sites for hydroxylation is 1. The molecule has 1 fully saturated rings. The molecule has 5 nitrogen and oxygen atoms in total. The first-order valence-electron chi connectivity index (χ1n) is 7.30. The summed E-state index contributed by atoms with van der Waals surface area (Å²) in [7, 11) is 1.64. The van der Waals surface area contributed by atoms with Crippen molar-refractivity contribution in [2.45, 2.75) is 19.3 Å². The molecule has 2 aromatic rings. The monoisotopic (exact) mass is 297 g/mol. The van der Waals surface area contributed by atoms with Crippen LogP contribution in [0.2, 0.25) is 0 Å². The van der Waals surface area contributed by atoms with Crippen LogP contribution in [0.25, 0.3) is 6.08 Å². The number of nitrogens with zero attached hydrogens (tertiary/aromatic N) is 3. The molecule has 5 heteroatoms. The van der Waals surface area contributed by atoms with Crippen LogP contribution in [0.3, 0.4) is 0 Å². The van der Waals surface area contributed by atoms with Crippen LogP contribution < -0.4 is 9.47 Å². The van der Waals surface area contributed by atoms with Gasteiger partial charge in [0.2, 0.25) is 5.88 Å². The number of hydrogen-bond donors (Lipinski definition) is 0. The third-order valence-electron chi connectivity index (χ3n) is 3.85. The fourth-order valence-corrected chi connectivity index (χ4v) is 2.43. The van der Waals surface area contributed by atoms with Crippen molar-refractivity contribution in [1.82, 2.24) is 15.0 Å². The maximum absolute atomic E-state index is 5.85.